The highest BCUT2D eigenvalue weighted by atomic mass is 32.2. The Kier molecular flexibility index (Phi) is 7.19. The van der Waals surface area contributed by atoms with E-state index in [9.17, 15) is 8.42 Å². The average Bonchev–Trinajstić information content (AvgIpc) is 2.62. The van der Waals surface area contributed by atoms with E-state index in [0.717, 1.165) is 31.5 Å². The fourth-order valence-electron chi connectivity index (χ4n) is 2.67. The molecule has 0 fully saturated rings. The van der Waals surface area contributed by atoms with Crippen LogP contribution in [0.25, 0.3) is 0 Å². The van der Waals surface area contributed by atoms with Crippen LogP contribution in [0, 0.1) is 0 Å². The second-order valence-corrected chi connectivity index (χ2v) is 7.55. The van der Waals surface area contributed by atoms with Crippen LogP contribution in [0.2, 0.25) is 0 Å². The maximum atomic E-state index is 12.7. The number of sulfonamides is 1. The van der Waals surface area contributed by atoms with E-state index < -0.39 is 10.0 Å². The van der Waals surface area contributed by atoms with Crippen LogP contribution in [0.4, 0.5) is 0 Å². The third kappa shape index (κ3) is 5.71. The van der Waals surface area contributed by atoms with Crippen LogP contribution in [-0.4, -0.2) is 32.2 Å². The molecule has 0 aliphatic heterocycles. The van der Waals surface area contributed by atoms with Crippen molar-refractivity contribution in [2.24, 2.45) is 4.40 Å². The number of benzene rings is 2. The summed E-state index contributed by atoms with van der Waals surface area (Å²) in [4.78, 5) is 2.32. The average molecular weight is 359 g/mol. The topological polar surface area (TPSA) is 49.7 Å². The lowest BCUT2D eigenvalue weighted by molar-refractivity contribution is 0.411. The van der Waals surface area contributed by atoms with Crippen LogP contribution in [0.15, 0.2) is 70.0 Å². The van der Waals surface area contributed by atoms with Crippen LogP contribution in [-0.2, 0) is 16.4 Å². The van der Waals surface area contributed by atoms with E-state index in [2.05, 4.69) is 23.1 Å². The molecule has 0 unspecified atom stereocenters. The quantitative estimate of drug-likeness (QED) is 0.526. The van der Waals surface area contributed by atoms with Crippen molar-refractivity contribution in [3.05, 3.63) is 66.2 Å². The maximum Gasteiger partial charge on any atom is 0.283 e. The smallest absolute Gasteiger partial charge is 0.283 e. The Morgan fingerprint density at radius 3 is 1.92 bits per heavy atom. The summed E-state index contributed by atoms with van der Waals surface area (Å²) < 4.78 is 29.7. The van der Waals surface area contributed by atoms with Gasteiger partial charge in [-0.15, -0.1) is 4.40 Å². The summed E-state index contributed by atoms with van der Waals surface area (Å²) in [7, 11) is -3.71. The van der Waals surface area contributed by atoms with E-state index in [1.54, 1.807) is 30.3 Å². The van der Waals surface area contributed by atoms with Crippen molar-refractivity contribution >= 4 is 15.9 Å². The Bertz CT molecular complexity index is 766. The van der Waals surface area contributed by atoms with Gasteiger partial charge in [0.15, 0.2) is 0 Å². The van der Waals surface area contributed by atoms with E-state index >= 15 is 0 Å². The van der Waals surface area contributed by atoms with Crippen LogP contribution < -0.4 is 0 Å². The molecule has 2 aromatic carbocycles. The van der Waals surface area contributed by atoms with Crippen molar-refractivity contribution in [2.75, 3.05) is 13.1 Å². The van der Waals surface area contributed by atoms with Crippen molar-refractivity contribution in [3.8, 4) is 0 Å². The van der Waals surface area contributed by atoms with Gasteiger partial charge in [0.2, 0.25) is 0 Å². The van der Waals surface area contributed by atoms with E-state index in [-0.39, 0.29) is 4.90 Å². The minimum atomic E-state index is -3.71. The maximum absolute atomic E-state index is 12.7. The molecule has 0 radical (unpaired) electrons. The minimum Gasteiger partial charge on any atom is -0.359 e. The Labute approximate surface area is 151 Å². The molecule has 0 aliphatic rings. The first-order valence-electron chi connectivity index (χ1n) is 8.74. The zero-order valence-electron chi connectivity index (χ0n) is 14.9. The molecule has 2 aromatic rings. The van der Waals surface area contributed by atoms with Gasteiger partial charge in [0.05, 0.1) is 4.90 Å². The molecule has 0 heterocycles. The highest BCUT2D eigenvalue weighted by Crippen LogP contribution is 2.15. The number of hydrogen-bond acceptors (Lipinski definition) is 2. The summed E-state index contributed by atoms with van der Waals surface area (Å²) in [6.45, 7) is 5.77. The first kappa shape index (κ1) is 19.2. The van der Waals surface area contributed by atoms with Crippen LogP contribution in [0.3, 0.4) is 0 Å². The summed E-state index contributed by atoms with van der Waals surface area (Å²) >= 11 is 0. The molecule has 0 amide bonds. The van der Waals surface area contributed by atoms with E-state index in [0.29, 0.717) is 12.3 Å². The van der Waals surface area contributed by atoms with Crippen LogP contribution in [0.5, 0.6) is 0 Å². The molecule has 5 heteroatoms. The fraction of sp³-hybridized carbons (Fsp3) is 0.350. The third-order valence-corrected chi connectivity index (χ3v) is 5.14. The molecule has 0 saturated carbocycles. The highest BCUT2D eigenvalue weighted by Gasteiger charge is 2.18. The van der Waals surface area contributed by atoms with Crippen molar-refractivity contribution in [1.29, 1.82) is 0 Å². The lowest BCUT2D eigenvalue weighted by atomic mass is 10.1. The van der Waals surface area contributed by atoms with Crippen LogP contribution >= 0.6 is 0 Å². The molecular formula is C20H26N2O2S. The Balaban J connectivity index is 2.42. The number of hydrogen-bond donors (Lipinski definition) is 0. The van der Waals surface area contributed by atoms with Crippen molar-refractivity contribution < 1.29 is 8.42 Å². The summed E-state index contributed by atoms with van der Waals surface area (Å²) in [5.41, 5.74) is 1.06. The van der Waals surface area contributed by atoms with Gasteiger partial charge in [0.25, 0.3) is 10.0 Å². The molecule has 0 bridgehead atoms. The molecule has 0 atom stereocenters. The monoisotopic (exact) mass is 358 g/mol. The molecule has 25 heavy (non-hydrogen) atoms. The van der Waals surface area contributed by atoms with E-state index in [1.807, 2.05) is 30.3 Å². The molecule has 2 rings (SSSR count). The van der Waals surface area contributed by atoms with Gasteiger partial charge in [-0.1, -0.05) is 62.4 Å². The van der Waals surface area contributed by atoms with Gasteiger partial charge in [0.1, 0.15) is 5.84 Å². The molecule has 0 N–H and O–H groups in total. The van der Waals surface area contributed by atoms with Gasteiger partial charge in [-0.05, 0) is 30.5 Å². The van der Waals surface area contributed by atoms with Crippen molar-refractivity contribution in [1.82, 2.24) is 4.90 Å². The predicted molar refractivity (Wildman–Crippen MR) is 103 cm³/mol. The summed E-state index contributed by atoms with van der Waals surface area (Å²) in [6.07, 6.45) is 2.39. The van der Waals surface area contributed by atoms with Gasteiger partial charge in [-0.25, -0.2) is 0 Å². The molecule has 134 valence electrons. The van der Waals surface area contributed by atoms with Crippen LogP contribution in [0.1, 0.15) is 32.3 Å². The van der Waals surface area contributed by atoms with Gasteiger partial charge in [-0.3, -0.25) is 0 Å². The molecule has 0 aliphatic carbocycles. The molecule has 0 saturated heterocycles. The largest absolute Gasteiger partial charge is 0.359 e. The van der Waals surface area contributed by atoms with E-state index in [4.69, 9.17) is 0 Å². The third-order valence-electron chi connectivity index (χ3n) is 3.82. The van der Waals surface area contributed by atoms with Crippen molar-refractivity contribution in [3.63, 3.8) is 0 Å². The Morgan fingerprint density at radius 2 is 1.40 bits per heavy atom. The Hall–Kier alpha value is -2.14. The highest BCUT2D eigenvalue weighted by molar-refractivity contribution is 7.90. The normalized spacial score (nSPS) is 12.2. The number of nitrogens with zero attached hydrogens (tertiary/aromatic N) is 2. The minimum absolute atomic E-state index is 0.230. The van der Waals surface area contributed by atoms with Crippen molar-refractivity contribution in [2.45, 2.75) is 38.0 Å². The van der Waals surface area contributed by atoms with Gasteiger partial charge >= 0.3 is 0 Å². The fourth-order valence-corrected chi connectivity index (χ4v) is 3.74. The molecule has 4 nitrogen and oxygen atoms in total. The first-order chi connectivity index (χ1) is 12.1. The number of amidine groups is 1. The zero-order valence-corrected chi connectivity index (χ0v) is 15.7. The second kappa shape index (κ2) is 9.37. The standard InChI is InChI=1S/C20H26N2O2S/c1-3-15-22(16-4-2)20(17-18-11-7-5-8-12-18)21-25(23,24)19-13-9-6-10-14-19/h5-14H,3-4,15-17H2,1-2H3/b21-20-. The Morgan fingerprint density at radius 1 is 0.880 bits per heavy atom. The molecule has 0 spiro atoms. The van der Waals surface area contributed by atoms with Gasteiger partial charge in [0, 0.05) is 19.5 Å². The first-order valence-corrected chi connectivity index (χ1v) is 10.2. The number of rotatable bonds is 8. The van der Waals surface area contributed by atoms with Gasteiger partial charge in [-0.2, -0.15) is 8.42 Å². The lowest BCUT2D eigenvalue weighted by Crippen LogP contribution is -2.34. The van der Waals surface area contributed by atoms with Gasteiger partial charge < -0.3 is 4.90 Å². The SMILES string of the molecule is CCCN(CCC)/C(Cc1ccccc1)=N\S(=O)(=O)c1ccccc1. The van der Waals surface area contributed by atoms with E-state index in [1.165, 1.54) is 0 Å². The summed E-state index contributed by atoms with van der Waals surface area (Å²) in [6, 6.07) is 18.3. The summed E-state index contributed by atoms with van der Waals surface area (Å²) in [5.74, 6) is 0.610. The predicted octanol–water partition coefficient (Wildman–Crippen LogP) is 4.14. The zero-order chi connectivity index (χ0) is 18.1. The lowest BCUT2D eigenvalue weighted by Gasteiger charge is -2.25. The second-order valence-electron chi connectivity index (χ2n) is 5.95. The molecular weight excluding hydrogens is 332 g/mol. The summed E-state index contributed by atoms with van der Waals surface area (Å²) in [5, 5.41) is 0. The molecule has 0 aromatic heterocycles.